The molecule has 0 atom stereocenters. The molecule has 2 N–H and O–H groups in total. The van der Waals surface area contributed by atoms with Crippen LogP contribution in [0.2, 0.25) is 0 Å². The summed E-state index contributed by atoms with van der Waals surface area (Å²) in [5, 5.41) is 6.36. The van der Waals surface area contributed by atoms with Crippen LogP contribution in [0.3, 0.4) is 0 Å². The van der Waals surface area contributed by atoms with Gasteiger partial charge >= 0.3 is 0 Å². The van der Waals surface area contributed by atoms with Crippen LogP contribution in [-0.4, -0.2) is 35.0 Å². The Labute approximate surface area is 166 Å². The molecule has 1 amide bonds. The molecule has 0 radical (unpaired) electrons. The van der Waals surface area contributed by atoms with Gasteiger partial charge in [0.25, 0.3) is 5.91 Å². The summed E-state index contributed by atoms with van der Waals surface area (Å²) in [6.07, 6.45) is 12.8. The Morgan fingerprint density at radius 3 is 2.25 bits per heavy atom. The summed E-state index contributed by atoms with van der Waals surface area (Å²) in [6, 6.07) is 8.65. The van der Waals surface area contributed by atoms with Crippen LogP contribution >= 0.6 is 0 Å². The van der Waals surface area contributed by atoms with E-state index in [9.17, 15) is 4.79 Å². The van der Waals surface area contributed by atoms with Crippen molar-refractivity contribution in [1.29, 1.82) is 0 Å². The van der Waals surface area contributed by atoms with Gasteiger partial charge in [0.2, 0.25) is 0 Å². The smallest absolute Gasteiger partial charge is 0.271 e. The molecule has 1 aliphatic heterocycles. The van der Waals surface area contributed by atoms with Gasteiger partial charge in [0, 0.05) is 30.5 Å². The second kappa shape index (κ2) is 9.04. The predicted octanol–water partition coefficient (Wildman–Crippen LogP) is 4.27. The van der Waals surface area contributed by atoms with Gasteiger partial charge in [-0.25, -0.2) is 9.97 Å². The van der Waals surface area contributed by atoms with E-state index in [4.69, 9.17) is 0 Å². The number of hydrogen-bond donors (Lipinski definition) is 2. The van der Waals surface area contributed by atoms with Crippen molar-refractivity contribution >= 4 is 23.1 Å². The molecular weight excluding hydrogens is 350 g/mol. The van der Waals surface area contributed by atoms with Gasteiger partial charge in [-0.2, -0.15) is 0 Å². The lowest BCUT2D eigenvalue weighted by atomic mass is 10.1. The first kappa shape index (κ1) is 18.7. The fourth-order valence-electron chi connectivity index (χ4n) is 4.07. The van der Waals surface area contributed by atoms with Crippen LogP contribution in [0, 0.1) is 0 Å². The van der Waals surface area contributed by atoms with E-state index >= 15 is 0 Å². The fourth-order valence-corrected chi connectivity index (χ4v) is 4.07. The maximum Gasteiger partial charge on any atom is 0.271 e. The lowest BCUT2D eigenvalue weighted by Crippen LogP contribution is -2.34. The van der Waals surface area contributed by atoms with Crippen LogP contribution in [0.15, 0.2) is 36.7 Å². The Morgan fingerprint density at radius 1 is 0.893 bits per heavy atom. The summed E-state index contributed by atoms with van der Waals surface area (Å²) < 4.78 is 0. The molecule has 0 bridgehead atoms. The molecule has 2 aliphatic rings. The van der Waals surface area contributed by atoms with Gasteiger partial charge in [-0.15, -0.1) is 0 Å². The second-order valence-electron chi connectivity index (χ2n) is 7.81. The monoisotopic (exact) mass is 379 g/mol. The van der Waals surface area contributed by atoms with Gasteiger partial charge in [-0.3, -0.25) is 4.79 Å². The molecule has 4 rings (SSSR count). The number of aromatic nitrogens is 2. The van der Waals surface area contributed by atoms with Crippen molar-refractivity contribution in [1.82, 2.24) is 15.3 Å². The molecule has 28 heavy (non-hydrogen) atoms. The average molecular weight is 380 g/mol. The molecule has 2 fully saturated rings. The summed E-state index contributed by atoms with van der Waals surface area (Å²) in [4.78, 5) is 23.5. The van der Waals surface area contributed by atoms with E-state index in [1.54, 1.807) is 12.4 Å². The molecule has 2 aromatic rings. The van der Waals surface area contributed by atoms with Crippen molar-refractivity contribution in [3.8, 4) is 0 Å². The first-order chi connectivity index (χ1) is 13.8. The number of benzene rings is 1. The molecule has 0 unspecified atom stereocenters. The molecule has 6 heteroatoms. The van der Waals surface area contributed by atoms with Crippen LogP contribution in [-0.2, 0) is 0 Å². The zero-order valence-corrected chi connectivity index (χ0v) is 16.4. The highest BCUT2D eigenvalue weighted by molar-refractivity contribution is 5.92. The number of anilines is 3. The van der Waals surface area contributed by atoms with Gasteiger partial charge in [0.15, 0.2) is 0 Å². The number of carbonyl (C=O) groups excluding carboxylic acids is 1. The number of rotatable bonds is 5. The molecule has 1 saturated heterocycles. The molecule has 1 saturated carbocycles. The van der Waals surface area contributed by atoms with Crippen molar-refractivity contribution in [2.45, 2.75) is 57.4 Å². The SMILES string of the molecule is O=C(NC1CCCCCC1)c1cnc(Nc2ccc(N3CCCC3)cc2)cn1. The standard InChI is InChI=1S/C22H29N5O/c28-22(26-17-7-3-1-2-4-8-17)20-15-24-21(16-23-20)25-18-9-11-19(12-10-18)27-13-5-6-14-27/h9-12,15-17H,1-8,13-14H2,(H,24,25)(H,26,28). The maximum absolute atomic E-state index is 12.4. The summed E-state index contributed by atoms with van der Waals surface area (Å²) in [6.45, 7) is 2.28. The van der Waals surface area contributed by atoms with Gasteiger partial charge < -0.3 is 15.5 Å². The van der Waals surface area contributed by atoms with Crippen LogP contribution in [0.5, 0.6) is 0 Å². The minimum atomic E-state index is -0.124. The molecule has 1 aliphatic carbocycles. The number of amides is 1. The van der Waals surface area contributed by atoms with Crippen molar-refractivity contribution in [3.63, 3.8) is 0 Å². The summed E-state index contributed by atoms with van der Waals surface area (Å²) in [7, 11) is 0. The van der Waals surface area contributed by atoms with Crippen LogP contribution in [0.1, 0.15) is 61.9 Å². The molecule has 1 aromatic carbocycles. The highest BCUT2D eigenvalue weighted by Gasteiger charge is 2.17. The first-order valence-electron chi connectivity index (χ1n) is 10.5. The molecule has 0 spiro atoms. The van der Waals surface area contributed by atoms with E-state index in [1.165, 1.54) is 44.2 Å². The van der Waals surface area contributed by atoms with E-state index in [0.29, 0.717) is 11.5 Å². The Bertz CT molecular complexity index is 761. The minimum Gasteiger partial charge on any atom is -0.372 e. The zero-order chi connectivity index (χ0) is 19.2. The second-order valence-corrected chi connectivity index (χ2v) is 7.81. The number of hydrogen-bond acceptors (Lipinski definition) is 5. The van der Waals surface area contributed by atoms with Crippen LogP contribution < -0.4 is 15.5 Å². The summed E-state index contributed by atoms with van der Waals surface area (Å²) >= 11 is 0. The van der Waals surface area contributed by atoms with E-state index in [-0.39, 0.29) is 11.9 Å². The predicted molar refractivity (Wildman–Crippen MR) is 112 cm³/mol. The first-order valence-corrected chi connectivity index (χ1v) is 10.5. The normalized spacial score (nSPS) is 17.9. The highest BCUT2D eigenvalue weighted by Crippen LogP contribution is 2.23. The van der Waals surface area contributed by atoms with E-state index in [0.717, 1.165) is 31.6 Å². The van der Waals surface area contributed by atoms with Crippen molar-refractivity contribution in [2.24, 2.45) is 0 Å². The third-order valence-electron chi connectivity index (χ3n) is 5.69. The van der Waals surface area contributed by atoms with Gasteiger partial charge in [-0.05, 0) is 49.9 Å². The maximum atomic E-state index is 12.4. The van der Waals surface area contributed by atoms with E-state index < -0.39 is 0 Å². The van der Waals surface area contributed by atoms with Crippen LogP contribution in [0.4, 0.5) is 17.2 Å². The zero-order valence-electron chi connectivity index (χ0n) is 16.4. The van der Waals surface area contributed by atoms with Gasteiger partial charge in [0.1, 0.15) is 11.5 Å². The minimum absolute atomic E-state index is 0.124. The number of nitrogens with zero attached hydrogens (tertiary/aromatic N) is 3. The Balaban J connectivity index is 1.33. The third-order valence-corrected chi connectivity index (χ3v) is 5.69. The Kier molecular flexibility index (Phi) is 6.04. The highest BCUT2D eigenvalue weighted by atomic mass is 16.1. The molecular formula is C22H29N5O. The van der Waals surface area contributed by atoms with Gasteiger partial charge in [0.05, 0.1) is 12.4 Å². The summed E-state index contributed by atoms with van der Waals surface area (Å²) in [5.41, 5.74) is 2.60. The number of carbonyl (C=O) groups is 1. The third kappa shape index (κ3) is 4.80. The van der Waals surface area contributed by atoms with Crippen LogP contribution in [0.25, 0.3) is 0 Å². The van der Waals surface area contributed by atoms with Crippen molar-refractivity contribution in [2.75, 3.05) is 23.3 Å². The largest absolute Gasteiger partial charge is 0.372 e. The molecule has 6 nitrogen and oxygen atoms in total. The number of nitrogens with one attached hydrogen (secondary N) is 2. The van der Waals surface area contributed by atoms with Gasteiger partial charge in [-0.1, -0.05) is 25.7 Å². The topological polar surface area (TPSA) is 70.2 Å². The summed E-state index contributed by atoms with van der Waals surface area (Å²) in [5.74, 6) is 0.515. The lowest BCUT2D eigenvalue weighted by Gasteiger charge is -2.18. The van der Waals surface area contributed by atoms with E-state index in [1.807, 2.05) is 0 Å². The van der Waals surface area contributed by atoms with E-state index in [2.05, 4.69) is 49.8 Å². The molecule has 148 valence electrons. The fraction of sp³-hybridized carbons (Fsp3) is 0.500. The Hall–Kier alpha value is -2.63. The van der Waals surface area contributed by atoms with Crippen molar-refractivity contribution in [3.05, 3.63) is 42.4 Å². The lowest BCUT2D eigenvalue weighted by molar-refractivity contribution is 0.0928. The van der Waals surface area contributed by atoms with Crippen molar-refractivity contribution < 1.29 is 4.79 Å². The quantitative estimate of drug-likeness (QED) is 0.759. The molecule has 2 heterocycles. The Morgan fingerprint density at radius 2 is 1.61 bits per heavy atom. The molecule has 1 aromatic heterocycles. The average Bonchev–Trinajstić information content (AvgIpc) is 3.14.